The number of aryl methyl sites for hydroxylation is 1. The zero-order chi connectivity index (χ0) is 14.5. The Morgan fingerprint density at radius 3 is 2.85 bits per heavy atom. The molecule has 0 spiro atoms. The van der Waals surface area contributed by atoms with E-state index in [-0.39, 0.29) is 0 Å². The Morgan fingerprint density at radius 2 is 2.25 bits per heavy atom. The molecule has 1 aromatic rings. The van der Waals surface area contributed by atoms with Gasteiger partial charge in [-0.3, -0.25) is 4.90 Å². The number of benzene rings is 1. The molecule has 0 amide bonds. The molecule has 1 N–H and O–H groups in total. The van der Waals surface area contributed by atoms with Crippen molar-refractivity contribution in [2.45, 2.75) is 45.7 Å². The lowest BCUT2D eigenvalue weighted by atomic mass is 10.0. The van der Waals surface area contributed by atoms with Gasteiger partial charge in [-0.05, 0) is 45.8 Å². The molecule has 1 aliphatic heterocycles. The monoisotopic (exact) mass is 276 g/mol. The van der Waals surface area contributed by atoms with E-state index in [1.807, 2.05) is 0 Å². The maximum absolute atomic E-state index is 5.57. The highest BCUT2D eigenvalue weighted by atomic mass is 16.5. The minimum absolute atomic E-state index is 0.398. The molecule has 112 valence electrons. The van der Waals surface area contributed by atoms with E-state index < -0.39 is 0 Å². The maximum atomic E-state index is 5.57. The smallest absolute Gasteiger partial charge is 0.123 e. The standard InChI is InChI=1S/C17H28N2O/c1-5-10-19(15-8-9-18-12-15)14(3)16-11-13(2)6-7-17(16)20-4/h6-7,11,14-15,18H,5,8-10,12H2,1-4H3. The summed E-state index contributed by atoms with van der Waals surface area (Å²) in [5, 5.41) is 3.48. The van der Waals surface area contributed by atoms with Crippen molar-refractivity contribution in [3.05, 3.63) is 29.3 Å². The topological polar surface area (TPSA) is 24.5 Å². The van der Waals surface area contributed by atoms with Gasteiger partial charge in [-0.1, -0.05) is 24.6 Å². The van der Waals surface area contributed by atoms with Gasteiger partial charge in [0.2, 0.25) is 0 Å². The number of hydrogen-bond acceptors (Lipinski definition) is 3. The Morgan fingerprint density at radius 1 is 1.45 bits per heavy atom. The highest BCUT2D eigenvalue weighted by Crippen LogP contribution is 2.32. The molecule has 0 bridgehead atoms. The summed E-state index contributed by atoms with van der Waals surface area (Å²) in [6, 6.07) is 7.54. The van der Waals surface area contributed by atoms with E-state index in [9.17, 15) is 0 Å². The van der Waals surface area contributed by atoms with Gasteiger partial charge in [0.1, 0.15) is 5.75 Å². The number of nitrogens with one attached hydrogen (secondary N) is 1. The van der Waals surface area contributed by atoms with Crippen molar-refractivity contribution in [1.82, 2.24) is 10.2 Å². The van der Waals surface area contributed by atoms with Gasteiger partial charge >= 0.3 is 0 Å². The largest absolute Gasteiger partial charge is 0.496 e. The zero-order valence-electron chi connectivity index (χ0n) is 13.3. The van der Waals surface area contributed by atoms with Crippen LogP contribution in [0.5, 0.6) is 5.75 Å². The fourth-order valence-corrected chi connectivity index (χ4v) is 3.23. The molecule has 1 fully saturated rings. The van der Waals surface area contributed by atoms with Crippen LogP contribution in [0, 0.1) is 6.92 Å². The van der Waals surface area contributed by atoms with Crippen molar-refractivity contribution < 1.29 is 4.74 Å². The summed E-state index contributed by atoms with van der Waals surface area (Å²) in [5.41, 5.74) is 2.61. The SMILES string of the molecule is CCCN(C1CCNC1)C(C)c1cc(C)ccc1OC. The summed E-state index contributed by atoms with van der Waals surface area (Å²) in [7, 11) is 1.77. The number of methoxy groups -OCH3 is 1. The van der Waals surface area contributed by atoms with Crippen LogP contribution >= 0.6 is 0 Å². The van der Waals surface area contributed by atoms with Crippen LogP contribution in [-0.4, -0.2) is 37.7 Å². The Bertz CT molecular complexity index is 427. The fraction of sp³-hybridized carbons (Fsp3) is 0.647. The Kier molecular flexibility index (Phi) is 5.44. The molecular weight excluding hydrogens is 248 g/mol. The minimum Gasteiger partial charge on any atom is -0.496 e. The molecule has 2 rings (SSSR count). The van der Waals surface area contributed by atoms with E-state index in [1.165, 1.54) is 24.0 Å². The highest BCUT2D eigenvalue weighted by Gasteiger charge is 2.27. The lowest BCUT2D eigenvalue weighted by Crippen LogP contribution is -2.39. The van der Waals surface area contributed by atoms with E-state index >= 15 is 0 Å². The van der Waals surface area contributed by atoms with Crippen LogP contribution in [0.25, 0.3) is 0 Å². The third kappa shape index (κ3) is 3.33. The van der Waals surface area contributed by atoms with E-state index in [4.69, 9.17) is 4.74 Å². The highest BCUT2D eigenvalue weighted by molar-refractivity contribution is 5.39. The number of rotatable bonds is 6. The van der Waals surface area contributed by atoms with Crippen LogP contribution in [-0.2, 0) is 0 Å². The molecule has 2 atom stereocenters. The summed E-state index contributed by atoms with van der Waals surface area (Å²) in [6.45, 7) is 10.1. The molecule has 0 saturated carbocycles. The number of nitrogens with zero attached hydrogens (tertiary/aromatic N) is 1. The van der Waals surface area contributed by atoms with Gasteiger partial charge in [-0.2, -0.15) is 0 Å². The van der Waals surface area contributed by atoms with Crippen LogP contribution in [0.15, 0.2) is 18.2 Å². The van der Waals surface area contributed by atoms with Crippen LogP contribution in [0.3, 0.4) is 0 Å². The first-order valence-electron chi connectivity index (χ1n) is 7.78. The molecule has 0 aliphatic carbocycles. The molecule has 20 heavy (non-hydrogen) atoms. The van der Waals surface area contributed by atoms with Gasteiger partial charge in [-0.25, -0.2) is 0 Å². The van der Waals surface area contributed by atoms with Crippen LogP contribution < -0.4 is 10.1 Å². The number of hydrogen-bond donors (Lipinski definition) is 1. The average Bonchev–Trinajstić information content (AvgIpc) is 2.98. The molecule has 1 saturated heterocycles. The predicted octanol–water partition coefficient (Wildman–Crippen LogP) is 3.14. The zero-order valence-corrected chi connectivity index (χ0v) is 13.3. The molecule has 0 radical (unpaired) electrons. The van der Waals surface area contributed by atoms with E-state index in [2.05, 4.69) is 49.2 Å². The molecule has 1 heterocycles. The van der Waals surface area contributed by atoms with Gasteiger partial charge in [0.25, 0.3) is 0 Å². The van der Waals surface area contributed by atoms with E-state index in [0.29, 0.717) is 12.1 Å². The molecule has 1 aliphatic rings. The summed E-state index contributed by atoms with van der Waals surface area (Å²) in [4.78, 5) is 2.64. The van der Waals surface area contributed by atoms with Gasteiger partial charge in [-0.15, -0.1) is 0 Å². The third-order valence-corrected chi connectivity index (χ3v) is 4.32. The van der Waals surface area contributed by atoms with Crippen molar-refractivity contribution in [2.75, 3.05) is 26.7 Å². The van der Waals surface area contributed by atoms with Crippen LogP contribution in [0.2, 0.25) is 0 Å². The Balaban J connectivity index is 2.25. The summed E-state index contributed by atoms with van der Waals surface area (Å²) in [5.74, 6) is 1.01. The molecule has 2 unspecified atom stereocenters. The molecule has 3 heteroatoms. The van der Waals surface area contributed by atoms with Crippen molar-refractivity contribution in [3.8, 4) is 5.75 Å². The van der Waals surface area contributed by atoms with Crippen molar-refractivity contribution in [3.63, 3.8) is 0 Å². The maximum Gasteiger partial charge on any atom is 0.123 e. The Labute approximate surface area is 123 Å². The summed E-state index contributed by atoms with van der Waals surface area (Å²) >= 11 is 0. The van der Waals surface area contributed by atoms with Crippen molar-refractivity contribution in [1.29, 1.82) is 0 Å². The van der Waals surface area contributed by atoms with Gasteiger partial charge in [0, 0.05) is 24.2 Å². The summed E-state index contributed by atoms with van der Waals surface area (Å²) < 4.78 is 5.57. The normalized spacial score (nSPS) is 20.4. The minimum atomic E-state index is 0.398. The quantitative estimate of drug-likeness (QED) is 0.864. The number of ether oxygens (including phenoxy) is 1. The first-order valence-corrected chi connectivity index (χ1v) is 7.78. The molecule has 0 aromatic heterocycles. The second-order valence-electron chi connectivity index (χ2n) is 5.81. The van der Waals surface area contributed by atoms with Gasteiger partial charge in [0.15, 0.2) is 0 Å². The second-order valence-corrected chi connectivity index (χ2v) is 5.81. The van der Waals surface area contributed by atoms with E-state index in [1.54, 1.807) is 7.11 Å². The van der Waals surface area contributed by atoms with Crippen LogP contribution in [0.1, 0.15) is 43.9 Å². The lowest BCUT2D eigenvalue weighted by molar-refractivity contribution is 0.151. The Hall–Kier alpha value is -1.06. The first kappa shape index (κ1) is 15.3. The van der Waals surface area contributed by atoms with E-state index in [0.717, 1.165) is 25.4 Å². The first-order chi connectivity index (χ1) is 9.67. The van der Waals surface area contributed by atoms with Crippen molar-refractivity contribution >= 4 is 0 Å². The molecule has 3 nitrogen and oxygen atoms in total. The lowest BCUT2D eigenvalue weighted by Gasteiger charge is -2.35. The van der Waals surface area contributed by atoms with Crippen molar-refractivity contribution in [2.24, 2.45) is 0 Å². The van der Waals surface area contributed by atoms with Crippen LogP contribution in [0.4, 0.5) is 0 Å². The molecule has 1 aromatic carbocycles. The predicted molar refractivity (Wildman–Crippen MR) is 84.4 cm³/mol. The molecular formula is C17H28N2O. The average molecular weight is 276 g/mol. The van der Waals surface area contributed by atoms with Gasteiger partial charge < -0.3 is 10.1 Å². The second kappa shape index (κ2) is 7.09. The van der Waals surface area contributed by atoms with Gasteiger partial charge in [0.05, 0.1) is 7.11 Å². The third-order valence-electron chi connectivity index (χ3n) is 4.32. The summed E-state index contributed by atoms with van der Waals surface area (Å²) in [6.07, 6.45) is 2.44. The fourth-order valence-electron chi connectivity index (χ4n) is 3.23.